The van der Waals surface area contributed by atoms with Crippen LogP contribution < -0.4 is 9.47 Å². The van der Waals surface area contributed by atoms with E-state index in [0.29, 0.717) is 23.9 Å². The van der Waals surface area contributed by atoms with E-state index in [-0.39, 0.29) is 0 Å². The summed E-state index contributed by atoms with van der Waals surface area (Å²) in [5.74, 6) is 2.07. The predicted molar refractivity (Wildman–Crippen MR) is 108 cm³/mol. The van der Waals surface area contributed by atoms with Crippen molar-refractivity contribution in [1.29, 1.82) is 0 Å². The lowest BCUT2D eigenvalue weighted by Crippen LogP contribution is -1.97. The molecular formula is C21H18N6O2. The Hall–Kier alpha value is -3.94. The minimum atomic E-state index is 0.444. The molecule has 144 valence electrons. The standard InChI is InChI=1S/C21H18N6O2/c1-26-20-16(11-23-26)21-24-19(25-27(21)13-22-20)15-9-7-14(8-10-15)12-29-18-6-4-3-5-17(18)28-2/h3-11,13H,12H2,1-2H3. The van der Waals surface area contributed by atoms with E-state index in [0.717, 1.165) is 27.8 Å². The van der Waals surface area contributed by atoms with Gasteiger partial charge in [-0.15, -0.1) is 5.10 Å². The second-order valence-electron chi connectivity index (χ2n) is 6.59. The Morgan fingerprint density at radius 1 is 0.966 bits per heavy atom. The van der Waals surface area contributed by atoms with Gasteiger partial charge in [-0.2, -0.15) is 5.10 Å². The van der Waals surface area contributed by atoms with E-state index in [1.54, 1.807) is 28.8 Å². The number of aromatic nitrogens is 6. The Morgan fingerprint density at radius 3 is 2.55 bits per heavy atom. The van der Waals surface area contributed by atoms with Crippen molar-refractivity contribution in [3.8, 4) is 22.9 Å². The van der Waals surface area contributed by atoms with Crippen molar-refractivity contribution in [2.24, 2.45) is 7.05 Å². The molecular weight excluding hydrogens is 368 g/mol. The zero-order valence-electron chi connectivity index (χ0n) is 16.0. The molecule has 3 heterocycles. The summed E-state index contributed by atoms with van der Waals surface area (Å²) < 4.78 is 14.6. The van der Waals surface area contributed by atoms with Crippen molar-refractivity contribution in [2.45, 2.75) is 6.61 Å². The van der Waals surface area contributed by atoms with E-state index in [1.807, 2.05) is 55.6 Å². The first-order valence-electron chi connectivity index (χ1n) is 9.11. The van der Waals surface area contributed by atoms with Crippen LogP contribution in [0.3, 0.4) is 0 Å². The van der Waals surface area contributed by atoms with E-state index in [9.17, 15) is 0 Å². The smallest absolute Gasteiger partial charge is 0.182 e. The predicted octanol–water partition coefficient (Wildman–Crippen LogP) is 3.27. The highest BCUT2D eigenvalue weighted by Gasteiger charge is 2.12. The zero-order chi connectivity index (χ0) is 19.8. The van der Waals surface area contributed by atoms with Gasteiger partial charge in [0.25, 0.3) is 0 Å². The third kappa shape index (κ3) is 3.04. The molecule has 8 nitrogen and oxygen atoms in total. The van der Waals surface area contributed by atoms with Crippen molar-refractivity contribution in [2.75, 3.05) is 7.11 Å². The molecule has 5 rings (SSSR count). The third-order valence-corrected chi connectivity index (χ3v) is 4.74. The summed E-state index contributed by atoms with van der Waals surface area (Å²) in [6, 6.07) is 15.6. The van der Waals surface area contributed by atoms with Gasteiger partial charge >= 0.3 is 0 Å². The van der Waals surface area contributed by atoms with Crippen molar-refractivity contribution >= 4 is 16.7 Å². The van der Waals surface area contributed by atoms with Crippen LogP contribution in [-0.4, -0.2) is 36.5 Å². The SMILES string of the molecule is COc1ccccc1OCc1ccc(-c2nc3c4cnn(C)c4ncn3n2)cc1. The second-order valence-corrected chi connectivity index (χ2v) is 6.59. The maximum atomic E-state index is 5.88. The molecule has 5 aromatic rings. The summed E-state index contributed by atoms with van der Waals surface area (Å²) in [5, 5.41) is 9.66. The molecule has 0 aliphatic carbocycles. The number of fused-ring (bicyclic) bond motifs is 3. The number of nitrogens with zero attached hydrogens (tertiary/aromatic N) is 6. The zero-order valence-corrected chi connectivity index (χ0v) is 16.0. The molecule has 0 aliphatic heterocycles. The highest BCUT2D eigenvalue weighted by atomic mass is 16.5. The molecule has 2 aromatic carbocycles. The molecule has 0 aliphatic rings. The van der Waals surface area contributed by atoms with Gasteiger partial charge in [-0.1, -0.05) is 36.4 Å². The molecule has 0 saturated heterocycles. The summed E-state index contributed by atoms with van der Waals surface area (Å²) in [5.41, 5.74) is 3.48. The Balaban J connectivity index is 1.39. The number of rotatable bonds is 5. The summed E-state index contributed by atoms with van der Waals surface area (Å²) in [6.07, 6.45) is 3.42. The van der Waals surface area contributed by atoms with Crippen molar-refractivity contribution < 1.29 is 9.47 Å². The monoisotopic (exact) mass is 386 g/mol. The van der Waals surface area contributed by atoms with Crippen molar-refractivity contribution in [3.05, 3.63) is 66.6 Å². The quantitative estimate of drug-likeness (QED) is 0.461. The van der Waals surface area contributed by atoms with Crippen LogP contribution in [0.4, 0.5) is 0 Å². The molecule has 0 amide bonds. The number of hydrogen-bond donors (Lipinski definition) is 0. The molecule has 0 atom stereocenters. The third-order valence-electron chi connectivity index (χ3n) is 4.74. The Labute approximate surface area is 166 Å². The Kier molecular flexibility index (Phi) is 4.09. The van der Waals surface area contributed by atoms with E-state index in [4.69, 9.17) is 9.47 Å². The van der Waals surface area contributed by atoms with E-state index < -0.39 is 0 Å². The van der Waals surface area contributed by atoms with Gasteiger partial charge in [0.15, 0.2) is 28.6 Å². The summed E-state index contributed by atoms with van der Waals surface area (Å²) >= 11 is 0. The van der Waals surface area contributed by atoms with Gasteiger partial charge in [-0.05, 0) is 17.7 Å². The molecule has 0 unspecified atom stereocenters. The first-order valence-corrected chi connectivity index (χ1v) is 9.11. The van der Waals surface area contributed by atoms with E-state index in [2.05, 4.69) is 20.2 Å². The molecule has 0 radical (unpaired) electrons. The normalized spacial score (nSPS) is 11.2. The maximum Gasteiger partial charge on any atom is 0.182 e. The fourth-order valence-electron chi connectivity index (χ4n) is 3.21. The largest absolute Gasteiger partial charge is 0.493 e. The van der Waals surface area contributed by atoms with Crippen molar-refractivity contribution in [3.63, 3.8) is 0 Å². The van der Waals surface area contributed by atoms with Crippen LogP contribution in [0.2, 0.25) is 0 Å². The average molecular weight is 386 g/mol. The van der Waals surface area contributed by atoms with Gasteiger partial charge in [0.05, 0.1) is 18.7 Å². The highest BCUT2D eigenvalue weighted by molar-refractivity contribution is 5.88. The minimum Gasteiger partial charge on any atom is -0.493 e. The van der Waals surface area contributed by atoms with Gasteiger partial charge in [0, 0.05) is 12.6 Å². The summed E-state index contributed by atoms with van der Waals surface area (Å²) in [6.45, 7) is 0.444. The lowest BCUT2D eigenvalue weighted by molar-refractivity contribution is 0.284. The van der Waals surface area contributed by atoms with Crippen LogP contribution >= 0.6 is 0 Å². The number of aryl methyl sites for hydroxylation is 1. The minimum absolute atomic E-state index is 0.444. The van der Waals surface area contributed by atoms with Crippen molar-refractivity contribution in [1.82, 2.24) is 29.4 Å². The molecule has 0 N–H and O–H groups in total. The maximum absolute atomic E-state index is 5.88. The Morgan fingerprint density at radius 2 is 1.76 bits per heavy atom. The van der Waals surface area contributed by atoms with Gasteiger partial charge in [-0.3, -0.25) is 4.68 Å². The molecule has 29 heavy (non-hydrogen) atoms. The first kappa shape index (κ1) is 17.2. The average Bonchev–Trinajstić information content (AvgIpc) is 3.36. The topological polar surface area (TPSA) is 79.4 Å². The fourth-order valence-corrected chi connectivity index (χ4v) is 3.21. The number of benzene rings is 2. The van der Waals surface area contributed by atoms with Gasteiger partial charge < -0.3 is 9.47 Å². The summed E-state index contributed by atoms with van der Waals surface area (Å²) in [4.78, 5) is 9.07. The number of hydrogen-bond acceptors (Lipinski definition) is 6. The van der Waals surface area contributed by atoms with Gasteiger partial charge in [0.2, 0.25) is 0 Å². The number of ether oxygens (including phenoxy) is 2. The van der Waals surface area contributed by atoms with E-state index in [1.165, 1.54) is 0 Å². The van der Waals surface area contributed by atoms with Gasteiger partial charge in [-0.25, -0.2) is 14.5 Å². The molecule has 3 aromatic heterocycles. The fraction of sp³-hybridized carbons (Fsp3) is 0.143. The van der Waals surface area contributed by atoms with Crippen LogP contribution in [0, 0.1) is 0 Å². The van der Waals surface area contributed by atoms with Crippen LogP contribution in [0.5, 0.6) is 11.5 Å². The molecule has 0 saturated carbocycles. The molecule has 0 spiro atoms. The van der Waals surface area contributed by atoms with E-state index >= 15 is 0 Å². The Bertz CT molecular complexity index is 1310. The number of para-hydroxylation sites is 2. The lowest BCUT2D eigenvalue weighted by Gasteiger charge is -2.10. The van der Waals surface area contributed by atoms with Crippen LogP contribution in [0.25, 0.3) is 28.1 Å². The summed E-state index contributed by atoms with van der Waals surface area (Å²) in [7, 11) is 3.49. The molecule has 0 bridgehead atoms. The first-order chi connectivity index (χ1) is 14.2. The van der Waals surface area contributed by atoms with Crippen LogP contribution in [0.15, 0.2) is 61.1 Å². The highest BCUT2D eigenvalue weighted by Crippen LogP contribution is 2.27. The molecule has 0 fully saturated rings. The lowest BCUT2D eigenvalue weighted by atomic mass is 10.1. The van der Waals surface area contributed by atoms with Crippen LogP contribution in [-0.2, 0) is 13.7 Å². The second kappa shape index (κ2) is 6.90. The number of methoxy groups -OCH3 is 1. The van der Waals surface area contributed by atoms with Crippen LogP contribution in [0.1, 0.15) is 5.56 Å². The van der Waals surface area contributed by atoms with Gasteiger partial charge in [0.1, 0.15) is 12.9 Å². The molecule has 8 heteroatoms.